The van der Waals surface area contributed by atoms with Gasteiger partial charge in [-0.2, -0.15) is 0 Å². The maximum atomic E-state index is 13.3. The Hall–Kier alpha value is -3.02. The summed E-state index contributed by atoms with van der Waals surface area (Å²) in [6, 6.07) is 5.83. The SMILES string of the molecule is CC(C)OC(=O)[C@@H]1[C@@H](Cc2ccc(Cl)nc2)C(=O)N1C(O)N[C@H](C)c1ccc2c(c1)OC(F)(F)O2. The fourth-order valence-electron chi connectivity index (χ4n) is 4.04. The molecule has 3 heterocycles. The second kappa shape index (κ2) is 9.56. The van der Waals surface area contributed by atoms with E-state index in [9.17, 15) is 23.5 Å². The van der Waals surface area contributed by atoms with Crippen molar-refractivity contribution < 1.29 is 37.7 Å². The first-order valence-electron chi connectivity index (χ1n) is 10.9. The van der Waals surface area contributed by atoms with Gasteiger partial charge in [0.25, 0.3) is 0 Å². The first kappa shape index (κ1) is 25.1. The fourth-order valence-corrected chi connectivity index (χ4v) is 4.15. The van der Waals surface area contributed by atoms with Gasteiger partial charge in [0, 0.05) is 12.2 Å². The van der Waals surface area contributed by atoms with Crippen molar-refractivity contribution >= 4 is 23.5 Å². The number of nitrogens with zero attached hydrogens (tertiary/aromatic N) is 2. The molecule has 0 saturated carbocycles. The van der Waals surface area contributed by atoms with Crippen molar-refractivity contribution in [3.63, 3.8) is 0 Å². The standard InChI is InChI=1S/C23H24ClF2N3O6/c1-11(2)33-21(31)19-15(8-13-4-7-18(24)27-10-13)20(30)29(19)22(32)28-12(3)14-5-6-16-17(9-14)35-23(25,26)34-16/h4-7,9-12,15,19,22,28,32H,8H2,1-3H3/t12-,15-,19+,22?/m1/s1. The third kappa shape index (κ3) is 5.31. The topological polar surface area (TPSA) is 110 Å². The zero-order valence-electron chi connectivity index (χ0n) is 19.1. The van der Waals surface area contributed by atoms with Crippen LogP contribution < -0.4 is 14.8 Å². The van der Waals surface area contributed by atoms with Crippen LogP contribution >= 0.6 is 11.6 Å². The van der Waals surface area contributed by atoms with Crippen molar-refractivity contribution in [3.8, 4) is 11.5 Å². The number of likely N-dealkylation sites (tertiary alicyclic amines) is 1. The number of β-lactam (4-membered cyclic amide) rings is 1. The van der Waals surface area contributed by atoms with Crippen LogP contribution in [-0.2, 0) is 20.7 Å². The number of nitrogens with one attached hydrogen (secondary N) is 1. The van der Waals surface area contributed by atoms with Gasteiger partial charge < -0.3 is 19.3 Å². The van der Waals surface area contributed by atoms with Gasteiger partial charge in [-0.1, -0.05) is 23.7 Å². The lowest BCUT2D eigenvalue weighted by Crippen LogP contribution is -2.71. The molecule has 4 atom stereocenters. The number of carbonyl (C=O) groups excluding carboxylic acids is 2. The molecule has 2 N–H and O–H groups in total. The quantitative estimate of drug-likeness (QED) is 0.241. The average molecular weight is 512 g/mol. The molecule has 1 amide bonds. The molecule has 1 fully saturated rings. The van der Waals surface area contributed by atoms with E-state index in [2.05, 4.69) is 19.8 Å². The number of hydrogen-bond donors (Lipinski definition) is 2. The molecule has 0 spiro atoms. The van der Waals surface area contributed by atoms with E-state index in [4.69, 9.17) is 16.3 Å². The summed E-state index contributed by atoms with van der Waals surface area (Å²) in [6.45, 7) is 5.02. The van der Waals surface area contributed by atoms with Crippen molar-refractivity contribution in [2.24, 2.45) is 5.92 Å². The summed E-state index contributed by atoms with van der Waals surface area (Å²) in [6.07, 6.45) is -4.00. The van der Waals surface area contributed by atoms with E-state index in [1.807, 2.05) is 0 Å². The summed E-state index contributed by atoms with van der Waals surface area (Å²) in [7, 11) is 0. The lowest BCUT2D eigenvalue weighted by molar-refractivity contribution is -0.286. The number of halogens is 3. The Balaban J connectivity index is 1.48. The highest BCUT2D eigenvalue weighted by molar-refractivity contribution is 6.29. The third-order valence-corrected chi connectivity index (χ3v) is 5.90. The number of aromatic nitrogens is 1. The number of pyridine rings is 1. The second-order valence-corrected chi connectivity index (χ2v) is 9.00. The number of ether oxygens (including phenoxy) is 3. The molecule has 2 aromatic rings. The van der Waals surface area contributed by atoms with Crippen molar-refractivity contribution in [1.29, 1.82) is 0 Å². The number of rotatable bonds is 8. The summed E-state index contributed by atoms with van der Waals surface area (Å²) in [4.78, 5) is 30.8. The fraction of sp³-hybridized carbons (Fsp3) is 0.435. The summed E-state index contributed by atoms with van der Waals surface area (Å²) in [5.74, 6) is -2.12. The van der Waals surface area contributed by atoms with Gasteiger partial charge in [-0.3, -0.25) is 15.0 Å². The summed E-state index contributed by atoms with van der Waals surface area (Å²) >= 11 is 5.82. The average Bonchev–Trinajstić information content (AvgIpc) is 3.08. The Morgan fingerprint density at radius 1 is 1.26 bits per heavy atom. The zero-order chi connectivity index (χ0) is 25.5. The molecular formula is C23H24ClF2N3O6. The Morgan fingerprint density at radius 3 is 2.63 bits per heavy atom. The summed E-state index contributed by atoms with van der Waals surface area (Å²) in [5, 5.41) is 13.9. The van der Waals surface area contributed by atoms with Gasteiger partial charge in [-0.05, 0) is 56.5 Å². The van der Waals surface area contributed by atoms with Crippen LogP contribution in [0.1, 0.15) is 37.9 Å². The molecule has 1 aromatic carbocycles. The monoisotopic (exact) mass is 511 g/mol. The molecule has 2 aliphatic heterocycles. The maximum absolute atomic E-state index is 13.3. The first-order valence-corrected chi connectivity index (χ1v) is 11.3. The van der Waals surface area contributed by atoms with Crippen molar-refractivity contribution in [2.75, 3.05) is 0 Å². The highest BCUT2D eigenvalue weighted by Gasteiger charge is 2.55. The van der Waals surface area contributed by atoms with Crippen molar-refractivity contribution in [2.45, 2.75) is 58.0 Å². The van der Waals surface area contributed by atoms with Crippen LogP contribution in [0.2, 0.25) is 5.15 Å². The van der Waals surface area contributed by atoms with Crippen LogP contribution in [0.15, 0.2) is 36.5 Å². The van der Waals surface area contributed by atoms with E-state index in [-0.39, 0.29) is 17.9 Å². The molecule has 1 saturated heterocycles. The van der Waals surface area contributed by atoms with Crippen LogP contribution in [0.25, 0.3) is 0 Å². The van der Waals surface area contributed by atoms with Crippen molar-refractivity contribution in [3.05, 3.63) is 52.8 Å². The van der Waals surface area contributed by atoms with Crippen LogP contribution in [-0.4, -0.2) is 51.7 Å². The molecule has 1 unspecified atom stereocenters. The Labute approximate surface area is 204 Å². The van der Waals surface area contributed by atoms with Crippen LogP contribution in [0.5, 0.6) is 11.5 Å². The summed E-state index contributed by atoms with van der Waals surface area (Å²) in [5.41, 5.74) is 1.19. The number of esters is 1. The third-order valence-electron chi connectivity index (χ3n) is 5.68. The van der Waals surface area contributed by atoms with Gasteiger partial charge in [0.15, 0.2) is 17.9 Å². The highest BCUT2D eigenvalue weighted by Crippen LogP contribution is 2.42. The Morgan fingerprint density at radius 2 is 1.97 bits per heavy atom. The number of fused-ring (bicyclic) bond motifs is 1. The number of hydrogen-bond acceptors (Lipinski definition) is 8. The van der Waals surface area contributed by atoms with E-state index in [0.29, 0.717) is 16.3 Å². The predicted molar refractivity (Wildman–Crippen MR) is 119 cm³/mol. The minimum Gasteiger partial charge on any atom is -0.461 e. The van der Waals surface area contributed by atoms with Crippen molar-refractivity contribution in [1.82, 2.24) is 15.2 Å². The van der Waals surface area contributed by atoms with Crippen LogP contribution in [0.4, 0.5) is 8.78 Å². The second-order valence-electron chi connectivity index (χ2n) is 8.61. The zero-order valence-corrected chi connectivity index (χ0v) is 19.8. The summed E-state index contributed by atoms with van der Waals surface area (Å²) < 4.78 is 40.8. The minimum atomic E-state index is -3.75. The van der Waals surface area contributed by atoms with Gasteiger partial charge in [-0.15, -0.1) is 8.78 Å². The van der Waals surface area contributed by atoms with Gasteiger partial charge in [-0.25, -0.2) is 9.78 Å². The van der Waals surface area contributed by atoms with Gasteiger partial charge >= 0.3 is 12.3 Å². The molecule has 0 radical (unpaired) electrons. The number of amides is 1. The lowest BCUT2D eigenvalue weighted by Gasteiger charge is -2.48. The highest BCUT2D eigenvalue weighted by atomic mass is 35.5. The molecule has 1 aromatic heterocycles. The van der Waals surface area contributed by atoms with E-state index < -0.39 is 48.6 Å². The Kier molecular flexibility index (Phi) is 6.85. The van der Waals surface area contributed by atoms with E-state index in [1.165, 1.54) is 24.4 Å². The maximum Gasteiger partial charge on any atom is 0.586 e. The molecule has 0 aliphatic carbocycles. The number of aliphatic hydroxyl groups is 1. The lowest BCUT2D eigenvalue weighted by atomic mass is 9.82. The Bertz CT molecular complexity index is 1120. The molecule has 188 valence electrons. The normalized spacial score (nSPS) is 22.1. The van der Waals surface area contributed by atoms with Crippen LogP contribution in [0.3, 0.4) is 0 Å². The van der Waals surface area contributed by atoms with Gasteiger partial charge in [0.1, 0.15) is 11.2 Å². The molecule has 2 aliphatic rings. The number of benzene rings is 1. The largest absolute Gasteiger partial charge is 0.586 e. The number of aliphatic hydroxyl groups excluding tert-OH is 1. The van der Waals surface area contributed by atoms with Gasteiger partial charge in [0.05, 0.1) is 12.0 Å². The van der Waals surface area contributed by atoms with E-state index in [0.717, 1.165) is 4.90 Å². The number of carbonyl (C=O) groups is 2. The van der Waals surface area contributed by atoms with E-state index >= 15 is 0 Å². The minimum absolute atomic E-state index is 0.111. The molecular weight excluding hydrogens is 488 g/mol. The van der Waals surface area contributed by atoms with Crippen LogP contribution in [0, 0.1) is 5.92 Å². The van der Waals surface area contributed by atoms with Gasteiger partial charge in [0.2, 0.25) is 5.91 Å². The predicted octanol–water partition coefficient (Wildman–Crippen LogP) is 3.00. The molecule has 12 heteroatoms. The number of alkyl halides is 2. The molecule has 9 nitrogen and oxygen atoms in total. The smallest absolute Gasteiger partial charge is 0.461 e. The molecule has 0 bridgehead atoms. The first-order chi connectivity index (χ1) is 16.4. The molecule has 4 rings (SSSR count). The molecule has 35 heavy (non-hydrogen) atoms. The van der Waals surface area contributed by atoms with E-state index in [1.54, 1.807) is 32.9 Å².